The zero-order valence-electron chi connectivity index (χ0n) is 12.7. The fourth-order valence-electron chi connectivity index (χ4n) is 1.84. The molecule has 0 radical (unpaired) electrons. The minimum Gasteiger partial charge on any atom is -0.497 e. The van der Waals surface area contributed by atoms with Crippen LogP contribution in [0.15, 0.2) is 48.5 Å². The van der Waals surface area contributed by atoms with Gasteiger partial charge >= 0.3 is 5.97 Å². The van der Waals surface area contributed by atoms with Crippen molar-refractivity contribution in [3.8, 4) is 5.75 Å². The first kappa shape index (κ1) is 16.5. The summed E-state index contributed by atoms with van der Waals surface area (Å²) in [5.41, 5.74) is 0.564. The Balaban J connectivity index is 1.98. The molecule has 5 nitrogen and oxygen atoms in total. The van der Waals surface area contributed by atoms with Gasteiger partial charge in [0.25, 0.3) is 5.91 Å². The smallest absolute Gasteiger partial charge is 0.339 e. The third-order valence-corrected chi connectivity index (χ3v) is 3.05. The van der Waals surface area contributed by atoms with Crippen LogP contribution in [0.4, 0.5) is 10.1 Å². The van der Waals surface area contributed by atoms with Crippen LogP contribution in [0.1, 0.15) is 17.3 Å². The number of halogens is 1. The van der Waals surface area contributed by atoms with E-state index < -0.39 is 23.8 Å². The van der Waals surface area contributed by atoms with E-state index in [1.807, 2.05) is 0 Å². The lowest BCUT2D eigenvalue weighted by atomic mass is 10.2. The number of anilines is 1. The molecule has 0 unspecified atom stereocenters. The van der Waals surface area contributed by atoms with Crippen LogP contribution in [0.2, 0.25) is 0 Å². The number of amides is 1. The van der Waals surface area contributed by atoms with Crippen LogP contribution in [0, 0.1) is 5.82 Å². The maximum absolute atomic E-state index is 13.1. The summed E-state index contributed by atoms with van der Waals surface area (Å²) < 4.78 is 23.2. The summed E-state index contributed by atoms with van der Waals surface area (Å²) in [4.78, 5) is 23.9. The largest absolute Gasteiger partial charge is 0.497 e. The van der Waals surface area contributed by atoms with E-state index >= 15 is 0 Å². The molecule has 23 heavy (non-hydrogen) atoms. The van der Waals surface area contributed by atoms with E-state index in [-0.39, 0.29) is 5.56 Å². The molecule has 0 aromatic heterocycles. The molecule has 0 bridgehead atoms. The average molecular weight is 317 g/mol. The van der Waals surface area contributed by atoms with Gasteiger partial charge < -0.3 is 14.8 Å². The molecule has 1 N–H and O–H groups in total. The van der Waals surface area contributed by atoms with Gasteiger partial charge in [0.15, 0.2) is 6.10 Å². The van der Waals surface area contributed by atoms with Crippen LogP contribution in [-0.2, 0) is 9.53 Å². The lowest BCUT2D eigenvalue weighted by molar-refractivity contribution is -0.123. The molecule has 0 heterocycles. The molecule has 0 fully saturated rings. The van der Waals surface area contributed by atoms with E-state index in [1.54, 1.807) is 24.3 Å². The first-order chi connectivity index (χ1) is 11.0. The standard InChI is InChI=1S/C17H16FNO4/c1-11(23-17(21)12-5-3-6-13(18)9-12)16(20)19-14-7-4-8-15(10-14)22-2/h3-11H,1-2H3,(H,19,20)/t11-/m1/s1. The summed E-state index contributed by atoms with van der Waals surface area (Å²) >= 11 is 0. The first-order valence-corrected chi connectivity index (χ1v) is 6.91. The zero-order chi connectivity index (χ0) is 16.8. The van der Waals surface area contributed by atoms with Gasteiger partial charge in [-0.1, -0.05) is 12.1 Å². The van der Waals surface area contributed by atoms with E-state index in [1.165, 1.54) is 32.2 Å². The summed E-state index contributed by atoms with van der Waals surface area (Å²) in [7, 11) is 1.52. The normalized spacial score (nSPS) is 11.4. The van der Waals surface area contributed by atoms with Crippen molar-refractivity contribution in [1.29, 1.82) is 0 Å². The van der Waals surface area contributed by atoms with Crippen LogP contribution in [0.5, 0.6) is 5.75 Å². The van der Waals surface area contributed by atoms with Crippen molar-refractivity contribution in [2.24, 2.45) is 0 Å². The van der Waals surface area contributed by atoms with Gasteiger partial charge in [-0.05, 0) is 37.3 Å². The zero-order valence-corrected chi connectivity index (χ0v) is 12.7. The number of ether oxygens (including phenoxy) is 2. The van der Waals surface area contributed by atoms with Gasteiger partial charge in [0.05, 0.1) is 12.7 Å². The van der Waals surface area contributed by atoms with Crippen LogP contribution in [0.3, 0.4) is 0 Å². The Bertz CT molecular complexity index is 717. The van der Waals surface area contributed by atoms with Gasteiger partial charge in [0.1, 0.15) is 11.6 Å². The van der Waals surface area contributed by atoms with Crippen molar-refractivity contribution < 1.29 is 23.5 Å². The number of benzene rings is 2. The number of methoxy groups -OCH3 is 1. The molecule has 6 heteroatoms. The Morgan fingerprint density at radius 1 is 1.13 bits per heavy atom. The second-order valence-corrected chi connectivity index (χ2v) is 4.78. The summed E-state index contributed by atoms with van der Waals surface area (Å²) in [6.45, 7) is 1.44. The molecule has 0 aliphatic carbocycles. The van der Waals surface area contributed by atoms with Gasteiger partial charge in [-0.2, -0.15) is 0 Å². The molecular formula is C17H16FNO4. The van der Waals surface area contributed by atoms with Crippen molar-refractivity contribution in [2.45, 2.75) is 13.0 Å². The fraction of sp³-hybridized carbons (Fsp3) is 0.176. The van der Waals surface area contributed by atoms with Crippen LogP contribution in [-0.4, -0.2) is 25.1 Å². The molecular weight excluding hydrogens is 301 g/mol. The number of carbonyl (C=O) groups is 2. The lowest BCUT2D eigenvalue weighted by Crippen LogP contribution is -2.30. The Hall–Kier alpha value is -2.89. The molecule has 0 spiro atoms. The minimum atomic E-state index is -1.03. The van der Waals surface area contributed by atoms with Crippen LogP contribution < -0.4 is 10.1 Å². The van der Waals surface area contributed by atoms with Gasteiger partial charge in [-0.15, -0.1) is 0 Å². The van der Waals surface area contributed by atoms with Gasteiger partial charge in [0, 0.05) is 11.8 Å². The Labute approximate surface area is 133 Å². The average Bonchev–Trinajstić information content (AvgIpc) is 2.54. The molecule has 2 aromatic rings. The summed E-state index contributed by atoms with van der Waals surface area (Å²) in [6.07, 6.45) is -1.03. The van der Waals surface area contributed by atoms with Crippen molar-refractivity contribution in [3.05, 3.63) is 59.9 Å². The van der Waals surface area contributed by atoms with E-state index in [2.05, 4.69) is 5.32 Å². The summed E-state index contributed by atoms with van der Waals surface area (Å²) in [5.74, 6) is -1.22. The second-order valence-electron chi connectivity index (χ2n) is 4.78. The Morgan fingerprint density at radius 3 is 2.57 bits per heavy atom. The highest BCUT2D eigenvalue weighted by molar-refractivity contribution is 5.97. The van der Waals surface area contributed by atoms with Crippen LogP contribution in [0.25, 0.3) is 0 Å². The third-order valence-electron chi connectivity index (χ3n) is 3.05. The molecule has 1 atom stereocenters. The van der Waals surface area contributed by atoms with Crippen molar-refractivity contribution >= 4 is 17.6 Å². The predicted molar refractivity (Wildman–Crippen MR) is 82.9 cm³/mol. The highest BCUT2D eigenvalue weighted by Crippen LogP contribution is 2.17. The maximum atomic E-state index is 13.1. The van der Waals surface area contributed by atoms with Crippen molar-refractivity contribution in [2.75, 3.05) is 12.4 Å². The van der Waals surface area contributed by atoms with Crippen molar-refractivity contribution in [1.82, 2.24) is 0 Å². The number of nitrogens with one attached hydrogen (secondary N) is 1. The topological polar surface area (TPSA) is 64.6 Å². The molecule has 2 aromatic carbocycles. The van der Waals surface area contributed by atoms with Gasteiger partial charge in [0.2, 0.25) is 0 Å². The first-order valence-electron chi connectivity index (χ1n) is 6.91. The van der Waals surface area contributed by atoms with E-state index in [0.717, 1.165) is 6.07 Å². The maximum Gasteiger partial charge on any atom is 0.339 e. The number of hydrogen-bond acceptors (Lipinski definition) is 4. The molecule has 1 amide bonds. The number of esters is 1. The van der Waals surface area contributed by atoms with E-state index in [0.29, 0.717) is 11.4 Å². The third kappa shape index (κ3) is 4.54. The number of hydrogen-bond donors (Lipinski definition) is 1. The predicted octanol–water partition coefficient (Wildman–Crippen LogP) is 3.02. The lowest BCUT2D eigenvalue weighted by Gasteiger charge is -2.14. The molecule has 2 rings (SSSR count). The van der Waals surface area contributed by atoms with Crippen molar-refractivity contribution in [3.63, 3.8) is 0 Å². The number of rotatable bonds is 5. The molecule has 0 aliphatic rings. The molecule has 120 valence electrons. The highest BCUT2D eigenvalue weighted by atomic mass is 19.1. The Kier molecular flexibility index (Phi) is 5.30. The minimum absolute atomic E-state index is 0.0473. The van der Waals surface area contributed by atoms with Gasteiger partial charge in [-0.3, -0.25) is 4.79 Å². The Morgan fingerprint density at radius 2 is 1.87 bits per heavy atom. The monoisotopic (exact) mass is 317 g/mol. The van der Waals surface area contributed by atoms with Gasteiger partial charge in [-0.25, -0.2) is 9.18 Å². The number of carbonyl (C=O) groups excluding carboxylic acids is 2. The quantitative estimate of drug-likeness (QED) is 0.861. The SMILES string of the molecule is COc1cccc(NC(=O)[C@@H](C)OC(=O)c2cccc(F)c2)c1. The van der Waals surface area contributed by atoms with Crippen LogP contribution >= 0.6 is 0 Å². The van der Waals surface area contributed by atoms with E-state index in [9.17, 15) is 14.0 Å². The summed E-state index contributed by atoms with van der Waals surface area (Å²) in [5, 5.41) is 2.61. The highest BCUT2D eigenvalue weighted by Gasteiger charge is 2.19. The molecule has 0 saturated carbocycles. The second kappa shape index (κ2) is 7.40. The molecule has 0 aliphatic heterocycles. The fourth-order valence-corrected chi connectivity index (χ4v) is 1.84. The summed E-state index contributed by atoms with van der Waals surface area (Å²) in [6, 6.07) is 11.9. The van der Waals surface area contributed by atoms with E-state index in [4.69, 9.17) is 9.47 Å². The molecule has 0 saturated heterocycles.